The van der Waals surface area contributed by atoms with Crippen LogP contribution in [0.4, 0.5) is 11.5 Å². The number of para-hydroxylation sites is 2. The van der Waals surface area contributed by atoms with Gasteiger partial charge >= 0.3 is 0 Å². The molecule has 1 saturated heterocycles. The Labute approximate surface area is 164 Å². The SMILES string of the molecule is Cc1nc(C(=O)Nc2ccccc2OC(C)C)cc(N2CCN(C=O)CC2)n1. The third-order valence-corrected chi connectivity index (χ3v) is 4.34. The van der Waals surface area contributed by atoms with Crippen molar-refractivity contribution in [3.05, 3.63) is 41.9 Å². The Morgan fingerprint density at radius 3 is 2.57 bits per heavy atom. The molecule has 1 fully saturated rings. The molecule has 3 rings (SSSR count). The van der Waals surface area contributed by atoms with Crippen LogP contribution >= 0.6 is 0 Å². The van der Waals surface area contributed by atoms with Crippen LogP contribution in [0.2, 0.25) is 0 Å². The fraction of sp³-hybridized carbons (Fsp3) is 0.400. The van der Waals surface area contributed by atoms with E-state index in [0.29, 0.717) is 55.0 Å². The fourth-order valence-corrected chi connectivity index (χ4v) is 3.00. The summed E-state index contributed by atoms with van der Waals surface area (Å²) in [5.74, 6) is 1.50. The number of benzene rings is 1. The summed E-state index contributed by atoms with van der Waals surface area (Å²) in [5.41, 5.74) is 0.887. The molecule has 8 heteroatoms. The van der Waals surface area contributed by atoms with Crippen molar-refractivity contribution in [1.29, 1.82) is 0 Å². The van der Waals surface area contributed by atoms with E-state index in [-0.39, 0.29) is 12.0 Å². The Kier molecular flexibility index (Phi) is 6.08. The van der Waals surface area contributed by atoms with Gasteiger partial charge in [-0.15, -0.1) is 0 Å². The average Bonchev–Trinajstić information content (AvgIpc) is 2.68. The molecule has 1 aromatic heterocycles. The lowest BCUT2D eigenvalue weighted by molar-refractivity contribution is -0.118. The standard InChI is InChI=1S/C20H25N5O3/c1-14(2)28-18-7-5-4-6-16(18)23-20(27)17-12-19(22-15(3)21-17)25-10-8-24(13-26)9-11-25/h4-7,12-14H,8-11H2,1-3H3,(H,23,27). The van der Waals surface area contributed by atoms with E-state index in [0.717, 1.165) is 6.41 Å². The molecule has 2 amide bonds. The third-order valence-electron chi connectivity index (χ3n) is 4.34. The lowest BCUT2D eigenvalue weighted by atomic mass is 10.2. The normalized spacial score (nSPS) is 14.1. The molecule has 2 aromatic rings. The number of nitrogens with one attached hydrogen (secondary N) is 1. The van der Waals surface area contributed by atoms with Gasteiger partial charge in [0, 0.05) is 32.2 Å². The smallest absolute Gasteiger partial charge is 0.274 e. The summed E-state index contributed by atoms with van der Waals surface area (Å²) in [6, 6.07) is 9.00. The van der Waals surface area contributed by atoms with E-state index in [9.17, 15) is 9.59 Å². The van der Waals surface area contributed by atoms with Crippen LogP contribution in [0, 0.1) is 6.92 Å². The van der Waals surface area contributed by atoms with Crippen LogP contribution in [0.25, 0.3) is 0 Å². The van der Waals surface area contributed by atoms with Gasteiger partial charge < -0.3 is 19.9 Å². The molecule has 1 N–H and O–H groups in total. The predicted octanol–water partition coefficient (Wildman–Crippen LogP) is 2.10. The molecule has 148 valence electrons. The molecule has 1 aliphatic rings. The molecule has 2 heterocycles. The molecule has 0 radical (unpaired) electrons. The van der Waals surface area contributed by atoms with Gasteiger partial charge in [-0.1, -0.05) is 12.1 Å². The second kappa shape index (κ2) is 8.69. The first-order valence-corrected chi connectivity index (χ1v) is 9.33. The maximum absolute atomic E-state index is 12.8. The highest BCUT2D eigenvalue weighted by molar-refractivity contribution is 6.04. The summed E-state index contributed by atoms with van der Waals surface area (Å²) in [6.45, 7) is 8.23. The zero-order valence-electron chi connectivity index (χ0n) is 16.4. The highest BCUT2D eigenvalue weighted by atomic mass is 16.5. The Balaban J connectivity index is 1.78. The van der Waals surface area contributed by atoms with E-state index in [1.54, 1.807) is 24.0 Å². The molecular formula is C20H25N5O3. The van der Waals surface area contributed by atoms with Crippen LogP contribution in [0.3, 0.4) is 0 Å². The number of aryl methyl sites for hydroxylation is 1. The summed E-state index contributed by atoms with van der Waals surface area (Å²) in [4.78, 5) is 36.2. The second-order valence-corrected chi connectivity index (χ2v) is 6.90. The topological polar surface area (TPSA) is 87.7 Å². The number of nitrogens with zero attached hydrogens (tertiary/aromatic N) is 4. The van der Waals surface area contributed by atoms with Gasteiger partial charge in [0.1, 0.15) is 23.1 Å². The largest absolute Gasteiger partial charge is 0.489 e. The molecular weight excluding hydrogens is 358 g/mol. The van der Waals surface area contributed by atoms with Crippen molar-refractivity contribution in [2.45, 2.75) is 26.9 Å². The van der Waals surface area contributed by atoms with Crippen molar-refractivity contribution in [2.24, 2.45) is 0 Å². The summed E-state index contributed by atoms with van der Waals surface area (Å²) in [5, 5.41) is 2.88. The zero-order chi connectivity index (χ0) is 20.1. The predicted molar refractivity (Wildman–Crippen MR) is 107 cm³/mol. The van der Waals surface area contributed by atoms with Gasteiger partial charge in [0.15, 0.2) is 0 Å². The minimum atomic E-state index is -0.321. The Morgan fingerprint density at radius 2 is 1.89 bits per heavy atom. The average molecular weight is 383 g/mol. The van der Waals surface area contributed by atoms with Gasteiger partial charge in [-0.2, -0.15) is 0 Å². The van der Waals surface area contributed by atoms with Crippen molar-refractivity contribution in [3.8, 4) is 5.75 Å². The van der Waals surface area contributed by atoms with E-state index in [2.05, 4.69) is 20.2 Å². The highest BCUT2D eigenvalue weighted by Gasteiger charge is 2.20. The minimum absolute atomic E-state index is 0.00372. The van der Waals surface area contributed by atoms with Gasteiger partial charge in [-0.25, -0.2) is 9.97 Å². The summed E-state index contributed by atoms with van der Waals surface area (Å²) in [7, 11) is 0. The lowest BCUT2D eigenvalue weighted by Crippen LogP contribution is -2.46. The van der Waals surface area contributed by atoms with E-state index in [4.69, 9.17) is 4.74 Å². The number of anilines is 2. The molecule has 8 nitrogen and oxygen atoms in total. The fourth-order valence-electron chi connectivity index (χ4n) is 3.00. The molecule has 0 spiro atoms. The Hall–Kier alpha value is -3.16. The molecule has 1 aliphatic heterocycles. The quantitative estimate of drug-likeness (QED) is 0.769. The first-order valence-electron chi connectivity index (χ1n) is 9.33. The van der Waals surface area contributed by atoms with Crippen molar-refractivity contribution in [1.82, 2.24) is 14.9 Å². The third kappa shape index (κ3) is 4.76. The number of piperazine rings is 1. The lowest BCUT2D eigenvalue weighted by Gasteiger charge is -2.33. The van der Waals surface area contributed by atoms with Crippen molar-refractivity contribution < 1.29 is 14.3 Å². The maximum Gasteiger partial charge on any atom is 0.274 e. The minimum Gasteiger partial charge on any atom is -0.489 e. The number of hydrogen-bond acceptors (Lipinski definition) is 6. The molecule has 0 saturated carbocycles. The number of hydrogen-bond donors (Lipinski definition) is 1. The van der Waals surface area contributed by atoms with Gasteiger partial charge in [0.2, 0.25) is 6.41 Å². The van der Waals surface area contributed by atoms with E-state index >= 15 is 0 Å². The Bertz CT molecular complexity index is 847. The molecule has 0 atom stereocenters. The first kappa shape index (κ1) is 19.6. The number of rotatable bonds is 6. The molecule has 0 bridgehead atoms. The van der Waals surface area contributed by atoms with Gasteiger partial charge in [0.25, 0.3) is 5.91 Å². The van der Waals surface area contributed by atoms with Gasteiger partial charge in [-0.3, -0.25) is 9.59 Å². The van der Waals surface area contributed by atoms with Gasteiger partial charge in [0.05, 0.1) is 11.8 Å². The van der Waals surface area contributed by atoms with Crippen molar-refractivity contribution in [2.75, 3.05) is 36.4 Å². The van der Waals surface area contributed by atoms with Crippen LogP contribution in [-0.2, 0) is 4.79 Å². The second-order valence-electron chi connectivity index (χ2n) is 6.90. The number of amides is 2. The van der Waals surface area contributed by atoms with Crippen LogP contribution in [-0.4, -0.2) is 59.5 Å². The monoisotopic (exact) mass is 383 g/mol. The van der Waals surface area contributed by atoms with Gasteiger partial charge in [-0.05, 0) is 32.9 Å². The van der Waals surface area contributed by atoms with Crippen LogP contribution in [0.15, 0.2) is 30.3 Å². The summed E-state index contributed by atoms with van der Waals surface area (Å²) in [6.07, 6.45) is 0.856. The number of carbonyl (C=O) groups excluding carboxylic acids is 2. The summed E-state index contributed by atoms with van der Waals surface area (Å²) < 4.78 is 5.76. The molecule has 1 aromatic carbocycles. The molecule has 0 aliphatic carbocycles. The van der Waals surface area contributed by atoms with Crippen molar-refractivity contribution >= 4 is 23.8 Å². The number of aromatic nitrogens is 2. The van der Waals surface area contributed by atoms with Crippen LogP contribution < -0.4 is 15.0 Å². The van der Waals surface area contributed by atoms with E-state index in [1.807, 2.05) is 32.0 Å². The number of carbonyl (C=O) groups is 2. The Morgan fingerprint density at radius 1 is 1.18 bits per heavy atom. The van der Waals surface area contributed by atoms with E-state index in [1.165, 1.54) is 0 Å². The number of ether oxygens (including phenoxy) is 1. The van der Waals surface area contributed by atoms with Crippen molar-refractivity contribution in [3.63, 3.8) is 0 Å². The molecule has 0 unspecified atom stereocenters. The maximum atomic E-state index is 12.8. The zero-order valence-corrected chi connectivity index (χ0v) is 16.4. The van der Waals surface area contributed by atoms with Crippen LogP contribution in [0.1, 0.15) is 30.2 Å². The highest BCUT2D eigenvalue weighted by Crippen LogP contribution is 2.25. The first-order chi connectivity index (χ1) is 13.5. The molecule has 28 heavy (non-hydrogen) atoms. The van der Waals surface area contributed by atoms with Crippen LogP contribution in [0.5, 0.6) is 5.75 Å². The summed E-state index contributed by atoms with van der Waals surface area (Å²) >= 11 is 0. The van der Waals surface area contributed by atoms with E-state index < -0.39 is 0 Å².